The Morgan fingerprint density at radius 2 is 1.59 bits per heavy atom. The molecule has 1 heterocycles. The molecule has 0 atom stereocenters. The third kappa shape index (κ3) is 6.54. The summed E-state index contributed by atoms with van der Waals surface area (Å²) in [7, 11) is 0. The van der Waals surface area contributed by atoms with E-state index in [1.807, 2.05) is 66.4 Å². The van der Waals surface area contributed by atoms with Gasteiger partial charge in [-0.3, -0.25) is 9.59 Å². The van der Waals surface area contributed by atoms with Crippen LogP contribution in [0.1, 0.15) is 51.7 Å². The van der Waals surface area contributed by atoms with Crippen molar-refractivity contribution in [2.45, 2.75) is 46.7 Å². The standard InChI is InChI=1S/C27H32N2O2S/c1-4-5-16-28(27(31)24-13-11-21(2)12-14-24)20-26(30)29(18-23-9-7-6-8-10-23)19-25-22(3)15-17-32-25/h6-15,17H,4-5,16,18-20H2,1-3H3. The normalized spacial score (nSPS) is 10.7. The number of carbonyl (C=O) groups excluding carboxylic acids is 2. The van der Waals surface area contributed by atoms with Gasteiger partial charge in [0.15, 0.2) is 0 Å². The number of aryl methyl sites for hydroxylation is 2. The Kier molecular flexibility index (Phi) is 8.63. The molecule has 2 amide bonds. The fourth-order valence-electron chi connectivity index (χ4n) is 3.52. The van der Waals surface area contributed by atoms with Crippen LogP contribution in [0.3, 0.4) is 0 Å². The Morgan fingerprint density at radius 1 is 0.875 bits per heavy atom. The Bertz CT molecular complexity index is 1010. The first-order chi connectivity index (χ1) is 15.5. The SMILES string of the molecule is CCCCN(CC(=O)N(Cc1ccccc1)Cc1sccc1C)C(=O)c1ccc(C)cc1. The fourth-order valence-corrected chi connectivity index (χ4v) is 4.44. The molecule has 168 valence electrons. The Morgan fingerprint density at radius 3 is 2.22 bits per heavy atom. The summed E-state index contributed by atoms with van der Waals surface area (Å²) in [6.07, 6.45) is 1.83. The van der Waals surface area contributed by atoms with E-state index in [9.17, 15) is 9.59 Å². The Balaban J connectivity index is 1.80. The van der Waals surface area contributed by atoms with Crippen molar-refractivity contribution in [3.63, 3.8) is 0 Å². The molecule has 0 fully saturated rings. The van der Waals surface area contributed by atoms with Gasteiger partial charge < -0.3 is 9.80 Å². The number of benzene rings is 2. The second-order valence-electron chi connectivity index (χ2n) is 8.21. The monoisotopic (exact) mass is 448 g/mol. The summed E-state index contributed by atoms with van der Waals surface area (Å²) < 4.78 is 0. The minimum Gasteiger partial charge on any atom is -0.332 e. The van der Waals surface area contributed by atoms with Gasteiger partial charge in [-0.1, -0.05) is 61.4 Å². The van der Waals surface area contributed by atoms with Crippen LogP contribution >= 0.6 is 11.3 Å². The van der Waals surface area contributed by atoms with Crippen LogP contribution in [0.25, 0.3) is 0 Å². The predicted molar refractivity (Wildman–Crippen MR) is 132 cm³/mol. The molecule has 3 rings (SSSR count). The zero-order valence-electron chi connectivity index (χ0n) is 19.2. The van der Waals surface area contributed by atoms with E-state index < -0.39 is 0 Å². The molecular weight excluding hydrogens is 416 g/mol. The van der Waals surface area contributed by atoms with Crippen LogP contribution in [0.5, 0.6) is 0 Å². The molecule has 2 aromatic carbocycles. The molecule has 0 radical (unpaired) electrons. The van der Waals surface area contributed by atoms with Gasteiger partial charge in [0, 0.05) is 23.5 Å². The lowest BCUT2D eigenvalue weighted by Crippen LogP contribution is -2.43. The van der Waals surface area contributed by atoms with Crippen LogP contribution in [-0.2, 0) is 17.9 Å². The van der Waals surface area contributed by atoms with E-state index in [2.05, 4.69) is 25.3 Å². The highest BCUT2D eigenvalue weighted by Gasteiger charge is 2.23. The van der Waals surface area contributed by atoms with Crippen molar-refractivity contribution in [2.24, 2.45) is 0 Å². The number of hydrogen-bond acceptors (Lipinski definition) is 3. The average Bonchev–Trinajstić information content (AvgIpc) is 3.21. The third-order valence-corrected chi connectivity index (χ3v) is 6.57. The largest absolute Gasteiger partial charge is 0.332 e. The molecule has 0 aliphatic rings. The lowest BCUT2D eigenvalue weighted by Gasteiger charge is -2.28. The summed E-state index contributed by atoms with van der Waals surface area (Å²) >= 11 is 1.67. The van der Waals surface area contributed by atoms with E-state index in [-0.39, 0.29) is 18.4 Å². The number of rotatable bonds is 10. The first-order valence-electron chi connectivity index (χ1n) is 11.2. The van der Waals surface area contributed by atoms with Gasteiger partial charge in [0.2, 0.25) is 5.91 Å². The maximum absolute atomic E-state index is 13.5. The molecule has 0 aliphatic heterocycles. The highest BCUT2D eigenvalue weighted by Crippen LogP contribution is 2.20. The average molecular weight is 449 g/mol. The number of thiophene rings is 1. The van der Waals surface area contributed by atoms with E-state index >= 15 is 0 Å². The Hall–Kier alpha value is -2.92. The quantitative estimate of drug-likeness (QED) is 0.391. The number of nitrogens with zero attached hydrogens (tertiary/aromatic N) is 2. The van der Waals surface area contributed by atoms with Gasteiger partial charge in [-0.15, -0.1) is 11.3 Å². The highest BCUT2D eigenvalue weighted by atomic mass is 32.1. The van der Waals surface area contributed by atoms with E-state index in [0.717, 1.165) is 24.0 Å². The van der Waals surface area contributed by atoms with Crippen molar-refractivity contribution in [3.05, 3.63) is 93.2 Å². The summed E-state index contributed by atoms with van der Waals surface area (Å²) in [6, 6.07) is 19.7. The minimum absolute atomic E-state index is 0.0294. The summed E-state index contributed by atoms with van der Waals surface area (Å²) in [5, 5.41) is 2.06. The molecule has 1 aromatic heterocycles. The fraction of sp³-hybridized carbons (Fsp3) is 0.333. The van der Waals surface area contributed by atoms with E-state index in [0.29, 0.717) is 25.2 Å². The van der Waals surface area contributed by atoms with E-state index in [4.69, 9.17) is 0 Å². The minimum atomic E-state index is -0.0845. The van der Waals surface area contributed by atoms with Crippen molar-refractivity contribution in [2.75, 3.05) is 13.1 Å². The van der Waals surface area contributed by atoms with Gasteiger partial charge >= 0.3 is 0 Å². The molecule has 0 N–H and O–H groups in total. The Labute approximate surface area is 195 Å². The topological polar surface area (TPSA) is 40.6 Å². The highest BCUT2D eigenvalue weighted by molar-refractivity contribution is 7.10. The molecule has 0 unspecified atom stereocenters. The van der Waals surface area contributed by atoms with Gasteiger partial charge in [0.05, 0.1) is 6.54 Å². The zero-order valence-corrected chi connectivity index (χ0v) is 20.0. The molecule has 0 aliphatic carbocycles. The van der Waals surface area contributed by atoms with Crippen LogP contribution in [0.4, 0.5) is 0 Å². The van der Waals surface area contributed by atoms with Crippen LogP contribution < -0.4 is 0 Å². The van der Waals surface area contributed by atoms with Crippen molar-refractivity contribution in [1.82, 2.24) is 9.80 Å². The van der Waals surface area contributed by atoms with E-state index in [1.165, 1.54) is 10.4 Å². The smallest absolute Gasteiger partial charge is 0.254 e. The van der Waals surface area contributed by atoms with Crippen molar-refractivity contribution in [1.29, 1.82) is 0 Å². The molecule has 5 heteroatoms. The first kappa shape index (κ1) is 23.7. The lowest BCUT2D eigenvalue weighted by molar-refractivity contribution is -0.133. The van der Waals surface area contributed by atoms with Crippen LogP contribution in [0, 0.1) is 13.8 Å². The maximum Gasteiger partial charge on any atom is 0.254 e. The van der Waals surface area contributed by atoms with Gasteiger partial charge in [-0.2, -0.15) is 0 Å². The number of carbonyl (C=O) groups is 2. The molecule has 0 bridgehead atoms. The van der Waals surface area contributed by atoms with Gasteiger partial charge in [0.25, 0.3) is 5.91 Å². The summed E-state index contributed by atoms with van der Waals surface area (Å²) in [5.74, 6) is -0.114. The predicted octanol–water partition coefficient (Wildman–Crippen LogP) is 5.84. The summed E-state index contributed by atoms with van der Waals surface area (Å²) in [6.45, 7) is 7.91. The lowest BCUT2D eigenvalue weighted by atomic mass is 10.1. The molecule has 0 spiro atoms. The number of amides is 2. The van der Waals surface area contributed by atoms with Gasteiger partial charge in [0.1, 0.15) is 6.54 Å². The van der Waals surface area contributed by atoms with Crippen LogP contribution in [-0.4, -0.2) is 34.7 Å². The molecular formula is C27H32N2O2S. The van der Waals surface area contributed by atoms with E-state index in [1.54, 1.807) is 16.2 Å². The second kappa shape index (κ2) is 11.6. The molecule has 32 heavy (non-hydrogen) atoms. The van der Waals surface area contributed by atoms with Crippen molar-refractivity contribution < 1.29 is 9.59 Å². The third-order valence-electron chi connectivity index (χ3n) is 5.57. The van der Waals surface area contributed by atoms with Crippen LogP contribution in [0.15, 0.2) is 66.0 Å². The summed E-state index contributed by atoms with van der Waals surface area (Å²) in [5.41, 5.74) is 4.01. The summed E-state index contributed by atoms with van der Waals surface area (Å²) in [4.78, 5) is 31.4. The molecule has 0 saturated carbocycles. The zero-order chi connectivity index (χ0) is 22.9. The molecule has 3 aromatic rings. The van der Waals surface area contributed by atoms with Crippen molar-refractivity contribution >= 4 is 23.2 Å². The number of unbranched alkanes of at least 4 members (excludes halogenated alkanes) is 1. The van der Waals surface area contributed by atoms with Gasteiger partial charge in [-0.25, -0.2) is 0 Å². The van der Waals surface area contributed by atoms with Gasteiger partial charge in [-0.05, 0) is 55.0 Å². The van der Waals surface area contributed by atoms with Crippen molar-refractivity contribution in [3.8, 4) is 0 Å². The maximum atomic E-state index is 13.5. The second-order valence-corrected chi connectivity index (χ2v) is 9.21. The first-order valence-corrected chi connectivity index (χ1v) is 12.1. The number of hydrogen-bond donors (Lipinski definition) is 0. The van der Waals surface area contributed by atoms with Crippen LogP contribution in [0.2, 0.25) is 0 Å². The molecule has 0 saturated heterocycles. The molecule has 4 nitrogen and oxygen atoms in total.